The van der Waals surface area contributed by atoms with E-state index < -0.39 is 11.8 Å². The van der Waals surface area contributed by atoms with E-state index in [0.717, 1.165) is 24.5 Å². The van der Waals surface area contributed by atoms with Crippen molar-refractivity contribution in [3.05, 3.63) is 94.1 Å². The third kappa shape index (κ3) is 7.36. The van der Waals surface area contributed by atoms with Crippen LogP contribution in [0.15, 0.2) is 77.5 Å². The van der Waals surface area contributed by atoms with Crippen molar-refractivity contribution in [3.63, 3.8) is 0 Å². The second kappa shape index (κ2) is 13.3. The van der Waals surface area contributed by atoms with Crippen molar-refractivity contribution in [2.24, 2.45) is 5.10 Å². The number of nitrogens with zero attached hydrogens (tertiary/aromatic N) is 3. The molecular formula is C29H32ClN5O3. The zero-order valence-corrected chi connectivity index (χ0v) is 22.7. The Balaban J connectivity index is 1.82. The minimum atomic E-state index is -0.641. The number of phenolic OH excluding ortho intramolecular Hbond substituents is 1. The van der Waals surface area contributed by atoms with E-state index in [1.54, 1.807) is 42.5 Å². The van der Waals surface area contributed by atoms with E-state index in [-0.39, 0.29) is 22.0 Å². The van der Waals surface area contributed by atoms with E-state index in [1.165, 1.54) is 6.21 Å². The molecule has 2 amide bonds. The first-order valence-corrected chi connectivity index (χ1v) is 12.6. The topological polar surface area (TPSA) is 97.3 Å². The van der Waals surface area contributed by atoms with Crippen LogP contribution < -0.4 is 20.5 Å². The van der Waals surface area contributed by atoms with Gasteiger partial charge in [-0.25, -0.2) is 5.43 Å². The van der Waals surface area contributed by atoms with Gasteiger partial charge in [-0.05, 0) is 61.9 Å². The molecule has 0 aliphatic rings. The van der Waals surface area contributed by atoms with Crippen molar-refractivity contribution in [1.29, 1.82) is 0 Å². The van der Waals surface area contributed by atoms with Gasteiger partial charge in [-0.15, -0.1) is 0 Å². The van der Waals surface area contributed by atoms with Crippen LogP contribution in [-0.4, -0.2) is 50.3 Å². The second-order valence-corrected chi connectivity index (χ2v) is 9.00. The molecule has 198 valence electrons. The van der Waals surface area contributed by atoms with E-state index in [0.29, 0.717) is 11.1 Å². The number of rotatable bonds is 10. The number of halogens is 1. The zero-order valence-electron chi connectivity index (χ0n) is 21.9. The first-order chi connectivity index (χ1) is 18.2. The molecule has 0 saturated carbocycles. The van der Waals surface area contributed by atoms with Crippen LogP contribution in [-0.2, 0) is 4.79 Å². The molecule has 0 aromatic heterocycles. The molecule has 0 bridgehead atoms. The monoisotopic (exact) mass is 533 g/mol. The van der Waals surface area contributed by atoms with E-state index in [9.17, 15) is 14.7 Å². The summed E-state index contributed by atoms with van der Waals surface area (Å²) in [5.41, 5.74) is 5.66. The lowest BCUT2D eigenvalue weighted by molar-refractivity contribution is -0.117. The minimum absolute atomic E-state index is 0.0224. The molecule has 0 atom stereocenters. The van der Waals surface area contributed by atoms with Crippen LogP contribution in [0.1, 0.15) is 35.3 Å². The number of hydrogen-bond acceptors (Lipinski definition) is 6. The zero-order chi connectivity index (χ0) is 27.7. The SMILES string of the molecule is CCN(CC)c1ccc(/C=N\NC(=O)/C(=C/c2ccc(N(C)C)cc2)NC(=O)c2ccccc2Cl)c(O)c1. The fraction of sp³-hybridized carbons (Fsp3) is 0.207. The van der Waals surface area contributed by atoms with Crippen LogP contribution in [0.3, 0.4) is 0 Å². The molecule has 0 saturated heterocycles. The lowest BCUT2D eigenvalue weighted by Gasteiger charge is -2.21. The van der Waals surface area contributed by atoms with Crippen LogP contribution in [0.25, 0.3) is 6.08 Å². The first kappa shape index (κ1) is 28.3. The summed E-state index contributed by atoms with van der Waals surface area (Å²) in [7, 11) is 3.86. The normalized spacial score (nSPS) is 11.3. The smallest absolute Gasteiger partial charge is 0.287 e. The number of phenols is 1. The Morgan fingerprint density at radius 2 is 1.63 bits per heavy atom. The molecule has 0 aliphatic heterocycles. The number of carbonyl (C=O) groups is 2. The maximum absolute atomic E-state index is 13.1. The lowest BCUT2D eigenvalue weighted by Crippen LogP contribution is -2.33. The van der Waals surface area contributed by atoms with Crippen LogP contribution in [0, 0.1) is 0 Å². The Bertz CT molecular complexity index is 1330. The number of anilines is 2. The van der Waals surface area contributed by atoms with Crippen molar-refractivity contribution in [3.8, 4) is 5.75 Å². The highest BCUT2D eigenvalue weighted by molar-refractivity contribution is 6.34. The second-order valence-electron chi connectivity index (χ2n) is 8.59. The van der Waals surface area contributed by atoms with Gasteiger partial charge in [-0.3, -0.25) is 9.59 Å². The molecule has 8 nitrogen and oxygen atoms in total. The van der Waals surface area contributed by atoms with E-state index in [2.05, 4.69) is 20.7 Å². The molecule has 0 heterocycles. The van der Waals surface area contributed by atoms with E-state index in [1.807, 2.05) is 63.2 Å². The molecule has 3 N–H and O–H groups in total. The molecule has 0 radical (unpaired) electrons. The van der Waals surface area contributed by atoms with Crippen molar-refractivity contribution >= 4 is 47.1 Å². The summed E-state index contributed by atoms with van der Waals surface area (Å²) >= 11 is 6.17. The first-order valence-electron chi connectivity index (χ1n) is 12.2. The summed E-state index contributed by atoms with van der Waals surface area (Å²) in [6, 6.07) is 19.3. The molecule has 0 fully saturated rings. The molecule has 3 aromatic carbocycles. The van der Waals surface area contributed by atoms with Gasteiger partial charge in [0.05, 0.1) is 16.8 Å². The standard InChI is InChI=1S/C29H32ClN5O3/c1-5-35(6-2)23-16-13-21(27(36)18-23)19-31-33-29(38)26(17-20-11-14-22(15-12-20)34(3)4)32-28(37)24-9-7-8-10-25(24)30/h7-19,36H,5-6H2,1-4H3,(H,32,37)(H,33,38)/b26-17-,31-19-. The molecule has 0 aliphatic carbocycles. The van der Waals surface area contributed by atoms with Crippen molar-refractivity contribution in [2.45, 2.75) is 13.8 Å². The Labute approximate surface area is 228 Å². The fourth-order valence-electron chi connectivity index (χ4n) is 3.68. The largest absolute Gasteiger partial charge is 0.507 e. The van der Waals surface area contributed by atoms with Gasteiger partial charge in [0.25, 0.3) is 11.8 Å². The molecule has 0 unspecified atom stereocenters. The van der Waals surface area contributed by atoms with Crippen LogP contribution in [0.5, 0.6) is 5.75 Å². The summed E-state index contributed by atoms with van der Waals surface area (Å²) in [4.78, 5) is 30.0. The average molecular weight is 534 g/mol. The van der Waals surface area contributed by atoms with Crippen molar-refractivity contribution in [1.82, 2.24) is 10.7 Å². The summed E-state index contributed by atoms with van der Waals surface area (Å²) in [5.74, 6) is -1.13. The summed E-state index contributed by atoms with van der Waals surface area (Å²) < 4.78 is 0. The third-order valence-corrected chi connectivity index (χ3v) is 6.17. The predicted octanol–water partition coefficient (Wildman–Crippen LogP) is 4.88. The van der Waals surface area contributed by atoms with E-state index >= 15 is 0 Å². The van der Waals surface area contributed by atoms with Crippen LogP contribution >= 0.6 is 11.6 Å². The van der Waals surface area contributed by atoms with Gasteiger partial charge in [-0.2, -0.15) is 5.10 Å². The molecule has 38 heavy (non-hydrogen) atoms. The summed E-state index contributed by atoms with van der Waals surface area (Å²) in [6.45, 7) is 5.70. The predicted molar refractivity (Wildman–Crippen MR) is 155 cm³/mol. The highest BCUT2D eigenvalue weighted by atomic mass is 35.5. The van der Waals surface area contributed by atoms with Gasteiger partial charge in [-0.1, -0.05) is 35.9 Å². The minimum Gasteiger partial charge on any atom is -0.507 e. The number of hydrogen-bond donors (Lipinski definition) is 3. The quantitative estimate of drug-likeness (QED) is 0.196. The van der Waals surface area contributed by atoms with Crippen LogP contribution in [0.4, 0.5) is 11.4 Å². The van der Waals surface area contributed by atoms with Gasteiger partial charge in [0.15, 0.2) is 0 Å². The number of amides is 2. The molecular weight excluding hydrogens is 502 g/mol. The average Bonchev–Trinajstić information content (AvgIpc) is 2.90. The van der Waals surface area contributed by atoms with Gasteiger partial charge in [0.1, 0.15) is 11.4 Å². The Morgan fingerprint density at radius 1 is 0.974 bits per heavy atom. The van der Waals surface area contributed by atoms with Gasteiger partial charge < -0.3 is 20.2 Å². The fourth-order valence-corrected chi connectivity index (χ4v) is 3.90. The van der Waals surface area contributed by atoms with Crippen LogP contribution in [0.2, 0.25) is 5.02 Å². The highest BCUT2D eigenvalue weighted by Crippen LogP contribution is 2.23. The number of nitrogens with one attached hydrogen (secondary N) is 2. The Kier molecular flexibility index (Phi) is 9.90. The van der Waals surface area contributed by atoms with Gasteiger partial charge in [0, 0.05) is 50.2 Å². The summed E-state index contributed by atoms with van der Waals surface area (Å²) in [6.07, 6.45) is 2.90. The number of carbonyl (C=O) groups excluding carboxylic acids is 2. The van der Waals surface area contributed by atoms with Gasteiger partial charge in [0.2, 0.25) is 0 Å². The Morgan fingerprint density at radius 3 is 2.24 bits per heavy atom. The molecule has 0 spiro atoms. The number of aromatic hydroxyl groups is 1. The highest BCUT2D eigenvalue weighted by Gasteiger charge is 2.16. The third-order valence-electron chi connectivity index (χ3n) is 5.84. The lowest BCUT2D eigenvalue weighted by atomic mass is 10.1. The summed E-state index contributed by atoms with van der Waals surface area (Å²) in [5, 5.41) is 17.3. The molecule has 3 aromatic rings. The van der Waals surface area contributed by atoms with Crippen molar-refractivity contribution in [2.75, 3.05) is 37.0 Å². The van der Waals surface area contributed by atoms with Crippen molar-refractivity contribution < 1.29 is 14.7 Å². The number of hydrazone groups is 1. The molecule has 9 heteroatoms. The molecule has 3 rings (SSSR count). The number of benzene rings is 3. The maximum atomic E-state index is 13.1. The van der Waals surface area contributed by atoms with Gasteiger partial charge >= 0.3 is 0 Å². The Hall–Kier alpha value is -4.30. The maximum Gasteiger partial charge on any atom is 0.287 e. The van der Waals surface area contributed by atoms with E-state index in [4.69, 9.17) is 11.6 Å².